The molecule has 0 aliphatic rings. The summed E-state index contributed by atoms with van der Waals surface area (Å²) in [4.78, 5) is 15.8. The lowest BCUT2D eigenvalue weighted by Gasteiger charge is -2.08. The summed E-state index contributed by atoms with van der Waals surface area (Å²) in [5.74, 6) is -0.388. The molecule has 0 amide bonds. The van der Waals surface area contributed by atoms with E-state index in [9.17, 15) is 4.79 Å². The van der Waals surface area contributed by atoms with Crippen molar-refractivity contribution in [2.75, 3.05) is 20.6 Å². The highest BCUT2D eigenvalue weighted by Crippen LogP contribution is 2.13. The molecule has 16 heavy (non-hydrogen) atoms. The van der Waals surface area contributed by atoms with Gasteiger partial charge in [0.15, 0.2) is 5.58 Å². The second kappa shape index (κ2) is 4.53. The topological polar surface area (TPSA) is 49.2 Å². The number of aromatic nitrogens is 1. The van der Waals surface area contributed by atoms with Crippen LogP contribution in [0.3, 0.4) is 0 Å². The van der Waals surface area contributed by atoms with Crippen molar-refractivity contribution in [3.63, 3.8) is 0 Å². The molecule has 0 aliphatic heterocycles. The van der Waals surface area contributed by atoms with Gasteiger partial charge < -0.3 is 9.32 Å². The Kier molecular flexibility index (Phi) is 3.10. The number of rotatable bonds is 4. The molecule has 0 aliphatic carbocycles. The number of nitrogens with zero attached hydrogens (tertiary/aromatic N) is 1. The molecule has 4 nitrogen and oxygen atoms in total. The summed E-state index contributed by atoms with van der Waals surface area (Å²) in [6.07, 6.45) is 2.11. The molecule has 0 saturated carbocycles. The van der Waals surface area contributed by atoms with E-state index in [4.69, 9.17) is 4.42 Å². The van der Waals surface area contributed by atoms with Gasteiger partial charge in [-0.2, -0.15) is 0 Å². The molecule has 0 bridgehead atoms. The SMILES string of the molecule is CN(C)CCCc1ccc2[nH]c(=O)oc2c1. The minimum absolute atomic E-state index is 0.388. The summed E-state index contributed by atoms with van der Waals surface area (Å²) in [7, 11) is 4.13. The zero-order valence-electron chi connectivity index (χ0n) is 9.62. The van der Waals surface area contributed by atoms with Crippen LogP contribution in [0.4, 0.5) is 0 Å². The van der Waals surface area contributed by atoms with Crippen molar-refractivity contribution in [2.45, 2.75) is 12.8 Å². The smallest absolute Gasteiger partial charge is 0.408 e. The summed E-state index contributed by atoms with van der Waals surface area (Å²) in [6.45, 7) is 1.06. The van der Waals surface area contributed by atoms with E-state index in [1.165, 1.54) is 5.56 Å². The first kappa shape index (κ1) is 11.0. The first-order chi connectivity index (χ1) is 7.65. The van der Waals surface area contributed by atoms with Crippen LogP contribution in [0.15, 0.2) is 27.4 Å². The van der Waals surface area contributed by atoms with Crippen LogP contribution in [0, 0.1) is 0 Å². The average Bonchev–Trinajstić information content (AvgIpc) is 2.56. The van der Waals surface area contributed by atoms with Gasteiger partial charge in [-0.3, -0.25) is 4.98 Å². The Labute approximate surface area is 93.9 Å². The number of hydrogen-bond donors (Lipinski definition) is 1. The van der Waals surface area contributed by atoms with E-state index in [0.717, 1.165) is 24.9 Å². The predicted molar refractivity (Wildman–Crippen MR) is 63.7 cm³/mol. The van der Waals surface area contributed by atoms with Gasteiger partial charge >= 0.3 is 5.76 Å². The first-order valence-corrected chi connectivity index (χ1v) is 5.41. The molecule has 0 radical (unpaired) electrons. The van der Waals surface area contributed by atoms with E-state index in [2.05, 4.69) is 24.0 Å². The molecule has 0 atom stereocenters. The molecular formula is C12H16N2O2. The largest absolute Gasteiger partial charge is 0.417 e. The second-order valence-electron chi connectivity index (χ2n) is 4.25. The highest BCUT2D eigenvalue weighted by Gasteiger charge is 2.02. The van der Waals surface area contributed by atoms with Crippen LogP contribution in [0.25, 0.3) is 11.1 Å². The predicted octanol–water partition coefficient (Wildman–Crippen LogP) is 1.62. The van der Waals surface area contributed by atoms with Gasteiger partial charge in [0, 0.05) is 0 Å². The van der Waals surface area contributed by atoms with Crippen LogP contribution >= 0.6 is 0 Å². The van der Waals surface area contributed by atoms with Crippen molar-refractivity contribution in [1.82, 2.24) is 9.88 Å². The lowest BCUT2D eigenvalue weighted by Crippen LogP contribution is -2.13. The van der Waals surface area contributed by atoms with Crippen LogP contribution in [0.2, 0.25) is 0 Å². The Hall–Kier alpha value is -1.55. The van der Waals surface area contributed by atoms with Gasteiger partial charge in [0.25, 0.3) is 0 Å². The molecule has 2 rings (SSSR count). The molecule has 1 aromatic carbocycles. The molecule has 4 heteroatoms. The number of aryl methyl sites for hydroxylation is 1. The van der Waals surface area contributed by atoms with Crippen LogP contribution in [0.1, 0.15) is 12.0 Å². The number of H-pyrrole nitrogens is 1. The van der Waals surface area contributed by atoms with Crippen molar-refractivity contribution >= 4 is 11.1 Å². The Morgan fingerprint density at radius 2 is 2.19 bits per heavy atom. The molecule has 1 heterocycles. The number of benzene rings is 1. The van der Waals surface area contributed by atoms with Crippen molar-refractivity contribution in [2.24, 2.45) is 0 Å². The molecule has 0 unspecified atom stereocenters. The number of aromatic amines is 1. The number of oxazole rings is 1. The monoisotopic (exact) mass is 220 g/mol. The molecule has 86 valence electrons. The molecule has 1 N–H and O–H groups in total. The minimum atomic E-state index is -0.388. The van der Waals surface area contributed by atoms with Crippen LogP contribution in [0.5, 0.6) is 0 Å². The summed E-state index contributed by atoms with van der Waals surface area (Å²) in [6, 6.07) is 5.86. The number of hydrogen-bond acceptors (Lipinski definition) is 3. The highest BCUT2D eigenvalue weighted by molar-refractivity contribution is 5.72. The summed E-state index contributed by atoms with van der Waals surface area (Å²) in [5.41, 5.74) is 2.62. The Morgan fingerprint density at radius 1 is 1.38 bits per heavy atom. The van der Waals surface area contributed by atoms with E-state index < -0.39 is 0 Å². The quantitative estimate of drug-likeness (QED) is 0.851. The maximum absolute atomic E-state index is 11.0. The maximum atomic E-state index is 11.0. The van der Waals surface area contributed by atoms with E-state index in [0.29, 0.717) is 5.58 Å². The van der Waals surface area contributed by atoms with Crippen molar-refractivity contribution in [3.05, 3.63) is 34.3 Å². The summed E-state index contributed by atoms with van der Waals surface area (Å²) >= 11 is 0. The fraction of sp³-hybridized carbons (Fsp3) is 0.417. The molecular weight excluding hydrogens is 204 g/mol. The normalized spacial score (nSPS) is 11.4. The third kappa shape index (κ3) is 2.52. The third-order valence-corrected chi connectivity index (χ3v) is 2.56. The van der Waals surface area contributed by atoms with E-state index in [1.807, 2.05) is 18.2 Å². The van der Waals surface area contributed by atoms with Crippen LogP contribution in [-0.2, 0) is 6.42 Å². The van der Waals surface area contributed by atoms with Gasteiger partial charge in [-0.1, -0.05) is 6.07 Å². The zero-order valence-corrected chi connectivity index (χ0v) is 9.62. The number of nitrogens with one attached hydrogen (secondary N) is 1. The van der Waals surface area contributed by atoms with E-state index >= 15 is 0 Å². The molecule has 0 fully saturated rings. The lowest BCUT2D eigenvalue weighted by atomic mass is 10.1. The fourth-order valence-corrected chi connectivity index (χ4v) is 1.74. The summed E-state index contributed by atoms with van der Waals surface area (Å²) in [5, 5.41) is 0. The van der Waals surface area contributed by atoms with Gasteiger partial charge in [0.05, 0.1) is 5.52 Å². The zero-order chi connectivity index (χ0) is 11.5. The fourth-order valence-electron chi connectivity index (χ4n) is 1.74. The lowest BCUT2D eigenvalue weighted by molar-refractivity contribution is 0.400. The maximum Gasteiger partial charge on any atom is 0.417 e. The minimum Gasteiger partial charge on any atom is -0.408 e. The second-order valence-corrected chi connectivity index (χ2v) is 4.25. The van der Waals surface area contributed by atoms with Crippen LogP contribution in [-0.4, -0.2) is 30.5 Å². The van der Waals surface area contributed by atoms with Gasteiger partial charge in [-0.25, -0.2) is 4.79 Å². The van der Waals surface area contributed by atoms with Gasteiger partial charge in [0.2, 0.25) is 0 Å². The Morgan fingerprint density at radius 3 is 2.94 bits per heavy atom. The average molecular weight is 220 g/mol. The van der Waals surface area contributed by atoms with E-state index in [1.54, 1.807) is 0 Å². The summed E-state index contributed by atoms with van der Waals surface area (Å²) < 4.78 is 5.01. The van der Waals surface area contributed by atoms with Crippen molar-refractivity contribution in [1.29, 1.82) is 0 Å². The molecule has 1 aromatic heterocycles. The van der Waals surface area contributed by atoms with Gasteiger partial charge in [-0.15, -0.1) is 0 Å². The van der Waals surface area contributed by atoms with Gasteiger partial charge in [-0.05, 0) is 51.2 Å². The molecule has 2 aromatic rings. The highest BCUT2D eigenvalue weighted by atomic mass is 16.4. The first-order valence-electron chi connectivity index (χ1n) is 5.41. The number of fused-ring (bicyclic) bond motifs is 1. The van der Waals surface area contributed by atoms with Crippen molar-refractivity contribution in [3.8, 4) is 0 Å². The molecule has 0 saturated heterocycles. The van der Waals surface area contributed by atoms with Crippen LogP contribution < -0.4 is 5.76 Å². The Bertz CT molecular complexity index is 525. The third-order valence-electron chi connectivity index (χ3n) is 2.56. The van der Waals surface area contributed by atoms with Crippen molar-refractivity contribution < 1.29 is 4.42 Å². The van der Waals surface area contributed by atoms with Gasteiger partial charge in [0.1, 0.15) is 0 Å². The Balaban J connectivity index is 2.10. The van der Waals surface area contributed by atoms with E-state index in [-0.39, 0.29) is 5.76 Å². The molecule has 0 spiro atoms. The standard InChI is InChI=1S/C12H16N2O2/c1-14(2)7-3-4-9-5-6-10-11(8-9)16-12(15)13-10/h5-6,8H,3-4,7H2,1-2H3,(H,13,15).